The van der Waals surface area contributed by atoms with Crippen LogP contribution in [-0.4, -0.2) is 145 Å². The first-order chi connectivity index (χ1) is 23.9. The van der Waals surface area contributed by atoms with Crippen LogP contribution in [0.15, 0.2) is 0 Å². The summed E-state index contributed by atoms with van der Waals surface area (Å²) >= 11 is 0. The molecule has 0 spiro atoms. The Kier molecular flexibility index (Phi) is 18.0. The van der Waals surface area contributed by atoms with E-state index in [1.807, 2.05) is 13.8 Å². The minimum atomic E-state index is -0.778. The minimum Gasteiger partial charge on any atom is -0.388 e. The van der Waals surface area contributed by atoms with Crippen molar-refractivity contribution in [2.75, 3.05) is 52.5 Å². The number of hydrogen-bond donors (Lipinski definition) is 5. The fraction of sp³-hybridized carbons (Fsp3) is 0.812. The van der Waals surface area contributed by atoms with Crippen molar-refractivity contribution in [3.05, 3.63) is 0 Å². The first-order valence-electron chi connectivity index (χ1n) is 17.4. The van der Waals surface area contributed by atoms with Gasteiger partial charge in [-0.25, -0.2) is 4.79 Å². The van der Waals surface area contributed by atoms with Gasteiger partial charge in [-0.15, -0.1) is 5.06 Å². The molecule has 3 rings (SSSR count). The third-order valence-corrected chi connectivity index (χ3v) is 8.19. The number of nitrogens with one attached hydrogen (secondary N) is 3. The smallest absolute Gasteiger partial charge is 0.333 e. The van der Waals surface area contributed by atoms with E-state index in [1.165, 1.54) is 4.90 Å². The van der Waals surface area contributed by atoms with Gasteiger partial charge < -0.3 is 49.9 Å². The quantitative estimate of drug-likeness (QED) is 0.0681. The summed E-state index contributed by atoms with van der Waals surface area (Å²) in [6, 6.07) is 0. The molecule has 0 aromatic rings. The number of carbonyl (C=O) groups excluding carboxylic acids is 6. The van der Waals surface area contributed by atoms with Crippen LogP contribution in [0.5, 0.6) is 0 Å². The van der Waals surface area contributed by atoms with E-state index < -0.39 is 60.3 Å². The maximum absolute atomic E-state index is 12.7. The second-order valence-corrected chi connectivity index (χ2v) is 12.7. The molecule has 0 aromatic heterocycles. The zero-order valence-corrected chi connectivity index (χ0v) is 29.0. The normalized spacial score (nSPS) is 25.4. The van der Waals surface area contributed by atoms with Gasteiger partial charge in [0.25, 0.3) is 11.8 Å². The predicted molar refractivity (Wildman–Crippen MR) is 172 cm³/mol. The van der Waals surface area contributed by atoms with Crippen molar-refractivity contribution in [3.63, 3.8) is 0 Å². The zero-order valence-electron chi connectivity index (χ0n) is 29.0. The van der Waals surface area contributed by atoms with E-state index in [0.717, 1.165) is 12.8 Å². The Morgan fingerprint density at radius 1 is 0.720 bits per heavy atom. The van der Waals surface area contributed by atoms with E-state index in [4.69, 9.17) is 23.8 Å². The van der Waals surface area contributed by atoms with Crippen LogP contribution in [-0.2, 0) is 52.6 Å². The van der Waals surface area contributed by atoms with Crippen LogP contribution in [0.4, 0.5) is 0 Å². The van der Waals surface area contributed by atoms with E-state index in [1.54, 1.807) is 0 Å². The Balaban J connectivity index is 1.37. The molecule has 18 nitrogen and oxygen atoms in total. The predicted octanol–water partition coefficient (Wildman–Crippen LogP) is -1.39. The molecular weight excluding hydrogens is 662 g/mol. The molecule has 3 heterocycles. The topological polar surface area (TPSA) is 232 Å². The van der Waals surface area contributed by atoms with Crippen LogP contribution >= 0.6 is 0 Å². The van der Waals surface area contributed by atoms with E-state index >= 15 is 0 Å². The van der Waals surface area contributed by atoms with Crippen molar-refractivity contribution in [1.29, 1.82) is 0 Å². The van der Waals surface area contributed by atoms with Crippen molar-refractivity contribution in [2.24, 2.45) is 0 Å². The highest BCUT2D eigenvalue weighted by Gasteiger charge is 2.33. The average Bonchev–Trinajstić information content (AvgIpc) is 3.38. The molecule has 0 aromatic carbocycles. The second-order valence-electron chi connectivity index (χ2n) is 12.7. The highest BCUT2D eigenvalue weighted by molar-refractivity contribution is 6.01. The standard InChI is InChI=1S/C32H53N5O13/c1-21-7-9-23(38)31(48-21)46-16-14-34-26(41)19-36(20-27(42)35-15-17-47-32-24(39)10-8-22(2)49-32)18-25(40)33-13-5-3-4-6-30(45)50-37-28(43)11-12-29(37)44/h21-24,31-32,38-39H,3-20H2,1-2H3,(H,33,40)(H,34,41)(H,35,42)/t21-,22+,23-,24-,31+,32+/m0/s1. The third-order valence-electron chi connectivity index (χ3n) is 8.19. The molecule has 50 heavy (non-hydrogen) atoms. The summed E-state index contributed by atoms with van der Waals surface area (Å²) in [7, 11) is 0. The number of aliphatic hydroxyl groups is 2. The highest BCUT2D eigenvalue weighted by atomic mass is 16.7. The zero-order chi connectivity index (χ0) is 36.5. The van der Waals surface area contributed by atoms with Crippen molar-refractivity contribution < 1.29 is 62.8 Å². The van der Waals surface area contributed by atoms with Crippen LogP contribution in [0, 0.1) is 0 Å². The molecule has 6 atom stereocenters. The number of amides is 5. The number of rotatable bonds is 21. The van der Waals surface area contributed by atoms with Gasteiger partial charge >= 0.3 is 5.97 Å². The first-order valence-corrected chi connectivity index (χ1v) is 17.4. The molecule has 3 aliphatic rings. The maximum Gasteiger partial charge on any atom is 0.333 e. The molecule has 3 fully saturated rings. The molecule has 5 N–H and O–H groups in total. The molecule has 0 aliphatic carbocycles. The Morgan fingerprint density at radius 3 is 1.66 bits per heavy atom. The van der Waals surface area contributed by atoms with Gasteiger partial charge in [0.05, 0.1) is 45.1 Å². The summed E-state index contributed by atoms with van der Waals surface area (Å²) in [6.45, 7) is 3.69. The van der Waals surface area contributed by atoms with Gasteiger partial charge in [0.1, 0.15) is 12.2 Å². The van der Waals surface area contributed by atoms with Crippen molar-refractivity contribution >= 4 is 35.5 Å². The molecule has 3 saturated heterocycles. The van der Waals surface area contributed by atoms with Crippen LogP contribution < -0.4 is 16.0 Å². The Morgan fingerprint density at radius 2 is 1.18 bits per heavy atom. The van der Waals surface area contributed by atoms with Gasteiger partial charge in [-0.3, -0.25) is 28.9 Å². The molecule has 0 bridgehead atoms. The lowest BCUT2D eigenvalue weighted by Gasteiger charge is -2.32. The van der Waals surface area contributed by atoms with Gasteiger partial charge in [0, 0.05) is 38.9 Å². The van der Waals surface area contributed by atoms with Crippen LogP contribution in [0.2, 0.25) is 0 Å². The van der Waals surface area contributed by atoms with E-state index in [-0.39, 0.29) is 84.0 Å². The molecule has 0 saturated carbocycles. The molecular formula is C32H53N5O13. The summed E-state index contributed by atoms with van der Waals surface area (Å²) in [5.41, 5.74) is 0. The largest absolute Gasteiger partial charge is 0.388 e. The second kappa shape index (κ2) is 21.8. The molecule has 0 unspecified atom stereocenters. The summed E-state index contributed by atoms with van der Waals surface area (Å²) in [5, 5.41) is 28.7. The van der Waals surface area contributed by atoms with Crippen LogP contribution in [0.25, 0.3) is 0 Å². The maximum atomic E-state index is 12.7. The number of imide groups is 1. The summed E-state index contributed by atoms with van der Waals surface area (Å²) in [4.78, 5) is 79.4. The average molecular weight is 716 g/mol. The Bertz CT molecular complexity index is 1080. The number of nitrogens with zero attached hydrogens (tertiary/aromatic N) is 2. The Labute approximate surface area is 291 Å². The lowest BCUT2D eigenvalue weighted by Crippen LogP contribution is -2.48. The summed E-state index contributed by atoms with van der Waals surface area (Å²) < 4.78 is 22.3. The summed E-state index contributed by atoms with van der Waals surface area (Å²) in [6.07, 6.45) is 0.946. The fourth-order valence-electron chi connectivity index (χ4n) is 5.44. The lowest BCUT2D eigenvalue weighted by molar-refractivity contribution is -0.235. The highest BCUT2D eigenvalue weighted by Crippen LogP contribution is 2.21. The van der Waals surface area contributed by atoms with Gasteiger partial charge in [-0.1, -0.05) is 6.42 Å². The number of ether oxygens (including phenoxy) is 4. The van der Waals surface area contributed by atoms with E-state index in [9.17, 15) is 39.0 Å². The lowest BCUT2D eigenvalue weighted by atomic mass is 10.1. The molecule has 5 amide bonds. The monoisotopic (exact) mass is 715 g/mol. The van der Waals surface area contributed by atoms with Gasteiger partial charge in [0.15, 0.2) is 12.6 Å². The molecule has 18 heteroatoms. The third kappa shape index (κ3) is 15.3. The number of aliphatic hydroxyl groups excluding tert-OH is 2. The van der Waals surface area contributed by atoms with Crippen molar-refractivity contribution in [3.8, 4) is 0 Å². The molecule has 3 aliphatic heterocycles. The number of carbonyl (C=O) groups is 6. The number of hydroxylamine groups is 2. The molecule has 0 radical (unpaired) electrons. The van der Waals surface area contributed by atoms with Gasteiger partial charge in [0.2, 0.25) is 17.7 Å². The molecule has 284 valence electrons. The minimum absolute atomic E-state index is 0.000143. The number of hydrogen-bond acceptors (Lipinski definition) is 14. The van der Waals surface area contributed by atoms with Crippen molar-refractivity contribution in [2.45, 2.75) is 115 Å². The first kappa shape index (κ1) is 41.2. The van der Waals surface area contributed by atoms with Crippen molar-refractivity contribution in [1.82, 2.24) is 25.9 Å². The Hall–Kier alpha value is -3.26. The van der Waals surface area contributed by atoms with Gasteiger partial charge in [-0.2, -0.15) is 0 Å². The van der Waals surface area contributed by atoms with E-state index in [2.05, 4.69) is 16.0 Å². The summed E-state index contributed by atoms with van der Waals surface area (Å²) in [5.74, 6) is -3.09. The van der Waals surface area contributed by atoms with Crippen LogP contribution in [0.1, 0.15) is 78.1 Å². The van der Waals surface area contributed by atoms with E-state index in [0.29, 0.717) is 37.2 Å². The fourth-order valence-corrected chi connectivity index (χ4v) is 5.44. The number of unbranched alkanes of at least 4 members (excludes halogenated alkanes) is 2. The van der Waals surface area contributed by atoms with Crippen LogP contribution in [0.3, 0.4) is 0 Å². The van der Waals surface area contributed by atoms with Gasteiger partial charge in [-0.05, 0) is 52.4 Å². The SMILES string of the molecule is C[C@@H]1CC[C@H](O)[C@H](OCCNC(=O)CN(CC(=O)NCCCCCC(=O)ON2C(=O)CCC2=O)CC(=O)NCCO[C@@H]2O[C@@H](C)CC[C@@H]2O)O1.